The molecule has 0 aromatic carbocycles. The summed E-state index contributed by atoms with van der Waals surface area (Å²) < 4.78 is 16.7. The van der Waals surface area contributed by atoms with Gasteiger partial charge >= 0.3 is 17.9 Å². The van der Waals surface area contributed by atoms with Gasteiger partial charge in [-0.25, -0.2) is 0 Å². The zero-order valence-corrected chi connectivity index (χ0v) is 36.4. The lowest BCUT2D eigenvalue weighted by molar-refractivity contribution is -0.167. The first-order chi connectivity index (χ1) is 27.0. The Morgan fingerprint density at radius 2 is 0.618 bits per heavy atom. The molecule has 0 saturated carbocycles. The van der Waals surface area contributed by atoms with E-state index in [1.54, 1.807) is 0 Å². The Bertz CT molecular complexity index is 890. The van der Waals surface area contributed by atoms with Crippen LogP contribution >= 0.6 is 0 Å². The fourth-order valence-electron chi connectivity index (χ4n) is 6.46. The molecular weight excluding hydrogens is 685 g/mol. The molecule has 0 N–H and O–H groups in total. The molecule has 0 saturated heterocycles. The standard InChI is InChI=1S/C49H88O6/c1-4-7-10-13-16-19-22-23-24-25-28-31-34-37-40-43-49(52)55-46(44-53-47(50)41-38-35-32-29-26-20-17-14-11-8-5-2)45-54-48(51)42-39-36-33-30-27-21-18-15-12-9-6-3/h14-15,17-19,22,46H,4-13,16,20-21,23-45H2,1-3H3/b17-14-,18-15-,22-19-. The van der Waals surface area contributed by atoms with Crippen molar-refractivity contribution in [2.75, 3.05) is 13.2 Å². The highest BCUT2D eigenvalue weighted by atomic mass is 16.6. The first-order valence-corrected chi connectivity index (χ1v) is 23.5. The Morgan fingerprint density at radius 1 is 0.345 bits per heavy atom. The van der Waals surface area contributed by atoms with Gasteiger partial charge in [0, 0.05) is 19.3 Å². The third-order valence-corrected chi connectivity index (χ3v) is 10.1. The second kappa shape index (κ2) is 44.3. The molecule has 0 fully saturated rings. The molecule has 0 radical (unpaired) electrons. The van der Waals surface area contributed by atoms with Crippen LogP contribution in [0.4, 0.5) is 0 Å². The molecule has 0 aliphatic carbocycles. The number of ether oxygens (including phenoxy) is 3. The normalized spacial score (nSPS) is 11.8. The quantitative estimate of drug-likeness (QED) is 0.0266. The Hall–Kier alpha value is -2.37. The zero-order valence-electron chi connectivity index (χ0n) is 36.4. The second-order valence-electron chi connectivity index (χ2n) is 15.7. The highest BCUT2D eigenvalue weighted by Crippen LogP contribution is 2.14. The number of carbonyl (C=O) groups is 3. The molecule has 0 aliphatic heterocycles. The van der Waals surface area contributed by atoms with Gasteiger partial charge in [0.05, 0.1) is 0 Å². The van der Waals surface area contributed by atoms with Crippen LogP contribution in [0.1, 0.15) is 239 Å². The maximum atomic E-state index is 12.7. The van der Waals surface area contributed by atoms with E-state index < -0.39 is 6.10 Å². The SMILES string of the molecule is CCCC/C=C\CCCCCCCC(=O)OCC(COC(=O)CCCCCCC/C=C\CCCC)OC(=O)CCCCCCCCC/C=C\CCCCCC. The number of esters is 3. The average Bonchev–Trinajstić information content (AvgIpc) is 3.18. The van der Waals surface area contributed by atoms with Crippen molar-refractivity contribution < 1.29 is 28.6 Å². The van der Waals surface area contributed by atoms with Crippen LogP contribution in [0, 0.1) is 0 Å². The molecule has 55 heavy (non-hydrogen) atoms. The van der Waals surface area contributed by atoms with Crippen LogP contribution in [0.2, 0.25) is 0 Å². The van der Waals surface area contributed by atoms with Crippen molar-refractivity contribution in [3.63, 3.8) is 0 Å². The molecule has 0 bridgehead atoms. The van der Waals surface area contributed by atoms with Crippen molar-refractivity contribution in [3.05, 3.63) is 36.5 Å². The van der Waals surface area contributed by atoms with Crippen molar-refractivity contribution in [2.45, 2.75) is 245 Å². The van der Waals surface area contributed by atoms with Gasteiger partial charge in [0.15, 0.2) is 6.10 Å². The van der Waals surface area contributed by atoms with E-state index in [-0.39, 0.29) is 31.1 Å². The number of hydrogen-bond donors (Lipinski definition) is 0. The van der Waals surface area contributed by atoms with Crippen LogP contribution in [-0.4, -0.2) is 37.2 Å². The smallest absolute Gasteiger partial charge is 0.306 e. The lowest BCUT2D eigenvalue weighted by atomic mass is 10.1. The van der Waals surface area contributed by atoms with Crippen molar-refractivity contribution in [3.8, 4) is 0 Å². The number of unbranched alkanes of at least 4 members (excludes halogenated alkanes) is 25. The third kappa shape index (κ3) is 42.6. The molecule has 0 amide bonds. The van der Waals surface area contributed by atoms with Gasteiger partial charge in [0.25, 0.3) is 0 Å². The number of hydrogen-bond acceptors (Lipinski definition) is 6. The average molecular weight is 773 g/mol. The van der Waals surface area contributed by atoms with Crippen molar-refractivity contribution in [1.29, 1.82) is 0 Å². The molecular formula is C49H88O6. The topological polar surface area (TPSA) is 78.9 Å². The first kappa shape index (κ1) is 52.6. The lowest BCUT2D eigenvalue weighted by Crippen LogP contribution is -2.30. The van der Waals surface area contributed by atoms with Crippen LogP contribution in [0.3, 0.4) is 0 Å². The monoisotopic (exact) mass is 773 g/mol. The minimum atomic E-state index is -0.776. The van der Waals surface area contributed by atoms with Gasteiger partial charge in [-0.2, -0.15) is 0 Å². The van der Waals surface area contributed by atoms with Gasteiger partial charge in [-0.05, 0) is 83.5 Å². The third-order valence-electron chi connectivity index (χ3n) is 10.1. The molecule has 0 aliphatic rings. The Morgan fingerprint density at radius 3 is 0.964 bits per heavy atom. The summed E-state index contributed by atoms with van der Waals surface area (Å²) in [4.78, 5) is 37.7. The maximum absolute atomic E-state index is 12.7. The molecule has 0 aromatic rings. The van der Waals surface area contributed by atoms with E-state index in [1.165, 1.54) is 128 Å². The van der Waals surface area contributed by atoms with Crippen molar-refractivity contribution in [2.24, 2.45) is 0 Å². The number of allylic oxidation sites excluding steroid dienone is 6. The molecule has 320 valence electrons. The maximum Gasteiger partial charge on any atom is 0.306 e. The van der Waals surface area contributed by atoms with Crippen molar-refractivity contribution in [1.82, 2.24) is 0 Å². The highest BCUT2D eigenvalue weighted by Gasteiger charge is 2.19. The predicted octanol–water partition coefficient (Wildman–Crippen LogP) is 15.0. The lowest BCUT2D eigenvalue weighted by Gasteiger charge is -2.18. The summed E-state index contributed by atoms with van der Waals surface area (Å²) in [6, 6.07) is 0. The van der Waals surface area contributed by atoms with Crippen LogP contribution in [0.25, 0.3) is 0 Å². The fraction of sp³-hybridized carbons (Fsp3) is 0.816. The van der Waals surface area contributed by atoms with Crippen LogP contribution < -0.4 is 0 Å². The summed E-state index contributed by atoms with van der Waals surface area (Å²) in [5, 5.41) is 0. The summed E-state index contributed by atoms with van der Waals surface area (Å²) in [7, 11) is 0. The van der Waals surface area contributed by atoms with Gasteiger partial charge in [0.2, 0.25) is 0 Å². The molecule has 0 aromatic heterocycles. The highest BCUT2D eigenvalue weighted by molar-refractivity contribution is 5.71. The van der Waals surface area contributed by atoms with Crippen molar-refractivity contribution >= 4 is 17.9 Å². The number of rotatable bonds is 42. The summed E-state index contributed by atoms with van der Waals surface area (Å²) in [6.07, 6.45) is 49.8. The van der Waals surface area contributed by atoms with Gasteiger partial charge in [-0.3, -0.25) is 14.4 Å². The van der Waals surface area contributed by atoms with E-state index >= 15 is 0 Å². The van der Waals surface area contributed by atoms with E-state index in [0.717, 1.165) is 70.6 Å². The fourth-order valence-corrected chi connectivity index (χ4v) is 6.46. The van der Waals surface area contributed by atoms with Crippen LogP contribution in [0.15, 0.2) is 36.5 Å². The Labute approximate surface area is 340 Å². The van der Waals surface area contributed by atoms with E-state index in [2.05, 4.69) is 57.2 Å². The van der Waals surface area contributed by atoms with E-state index in [1.807, 2.05) is 0 Å². The zero-order chi connectivity index (χ0) is 40.1. The summed E-state index contributed by atoms with van der Waals surface area (Å²) in [5.41, 5.74) is 0. The van der Waals surface area contributed by atoms with Crippen LogP contribution in [-0.2, 0) is 28.6 Å². The minimum Gasteiger partial charge on any atom is -0.462 e. The largest absolute Gasteiger partial charge is 0.462 e. The Balaban J connectivity index is 4.38. The molecule has 6 heteroatoms. The van der Waals surface area contributed by atoms with Gasteiger partial charge < -0.3 is 14.2 Å². The molecule has 0 spiro atoms. The summed E-state index contributed by atoms with van der Waals surface area (Å²) >= 11 is 0. The molecule has 0 atom stereocenters. The van der Waals surface area contributed by atoms with E-state index in [0.29, 0.717) is 19.3 Å². The first-order valence-electron chi connectivity index (χ1n) is 23.5. The Kier molecular flexibility index (Phi) is 42.4. The molecule has 0 rings (SSSR count). The second-order valence-corrected chi connectivity index (χ2v) is 15.7. The van der Waals surface area contributed by atoms with Gasteiger partial charge in [-0.1, -0.05) is 173 Å². The minimum absolute atomic E-state index is 0.0802. The van der Waals surface area contributed by atoms with E-state index in [4.69, 9.17) is 14.2 Å². The predicted molar refractivity (Wildman–Crippen MR) is 233 cm³/mol. The van der Waals surface area contributed by atoms with Gasteiger partial charge in [0.1, 0.15) is 13.2 Å². The molecule has 0 heterocycles. The van der Waals surface area contributed by atoms with E-state index in [9.17, 15) is 14.4 Å². The van der Waals surface area contributed by atoms with Crippen LogP contribution in [0.5, 0.6) is 0 Å². The molecule has 6 nitrogen and oxygen atoms in total. The summed E-state index contributed by atoms with van der Waals surface area (Å²) in [6.45, 7) is 6.53. The number of carbonyl (C=O) groups excluding carboxylic acids is 3. The van der Waals surface area contributed by atoms with Gasteiger partial charge in [-0.15, -0.1) is 0 Å². The molecule has 0 unspecified atom stereocenters. The summed E-state index contributed by atoms with van der Waals surface area (Å²) in [5.74, 6) is -0.902.